The van der Waals surface area contributed by atoms with E-state index >= 15 is 0 Å². The second-order valence-electron chi connectivity index (χ2n) is 4.35. The number of aliphatic hydroxyl groups is 2. The summed E-state index contributed by atoms with van der Waals surface area (Å²) in [6.07, 6.45) is -0.365. The molecule has 0 amide bonds. The number of ether oxygens (including phenoxy) is 1. The Labute approximate surface area is 75.5 Å². The zero-order valence-electron chi connectivity index (χ0n) is 7.09. The second kappa shape index (κ2) is 2.25. The first kappa shape index (κ1) is 7.76. The number of carbonyl (C=O) groups excluding carboxylic acids is 1. The van der Waals surface area contributed by atoms with Gasteiger partial charge in [0.25, 0.3) is 0 Å². The molecular weight excluding hydrogens is 172 g/mol. The van der Waals surface area contributed by atoms with Gasteiger partial charge in [0.2, 0.25) is 0 Å². The van der Waals surface area contributed by atoms with Gasteiger partial charge in [0.15, 0.2) is 0 Å². The van der Waals surface area contributed by atoms with Crippen LogP contribution < -0.4 is 0 Å². The van der Waals surface area contributed by atoms with Gasteiger partial charge in [-0.2, -0.15) is 0 Å². The second-order valence-corrected chi connectivity index (χ2v) is 4.35. The number of esters is 1. The lowest BCUT2D eigenvalue weighted by Crippen LogP contribution is -2.31. The summed E-state index contributed by atoms with van der Waals surface area (Å²) in [7, 11) is 0. The van der Waals surface area contributed by atoms with Crippen molar-refractivity contribution in [3.63, 3.8) is 0 Å². The molecule has 0 spiro atoms. The molecule has 0 aromatic rings. The Morgan fingerprint density at radius 2 is 2.08 bits per heavy atom. The van der Waals surface area contributed by atoms with Crippen molar-refractivity contribution in [3.05, 3.63) is 0 Å². The molecule has 3 aliphatic rings. The van der Waals surface area contributed by atoms with Crippen LogP contribution >= 0.6 is 0 Å². The average Bonchev–Trinajstić information content (AvgIpc) is 2.64. The maximum atomic E-state index is 11.3. The van der Waals surface area contributed by atoms with Gasteiger partial charge < -0.3 is 14.9 Å². The van der Waals surface area contributed by atoms with Gasteiger partial charge in [-0.05, 0) is 6.42 Å². The zero-order chi connectivity index (χ0) is 9.16. The summed E-state index contributed by atoms with van der Waals surface area (Å²) in [4.78, 5) is 11.3. The highest BCUT2D eigenvalue weighted by molar-refractivity contribution is 5.76. The Morgan fingerprint density at radius 3 is 2.85 bits per heavy atom. The first-order valence-electron chi connectivity index (χ1n) is 4.73. The molecule has 2 aliphatic carbocycles. The van der Waals surface area contributed by atoms with Crippen molar-refractivity contribution in [2.75, 3.05) is 6.61 Å². The fraction of sp³-hybridized carbons (Fsp3) is 0.889. The van der Waals surface area contributed by atoms with Crippen LogP contribution in [-0.4, -0.2) is 35.0 Å². The lowest BCUT2D eigenvalue weighted by atomic mass is 9.80. The molecule has 0 aromatic carbocycles. The van der Waals surface area contributed by atoms with E-state index in [1.807, 2.05) is 0 Å². The Balaban J connectivity index is 1.98. The first-order valence-corrected chi connectivity index (χ1v) is 4.73. The van der Waals surface area contributed by atoms with Crippen molar-refractivity contribution >= 4 is 5.97 Å². The molecule has 2 saturated carbocycles. The predicted molar refractivity (Wildman–Crippen MR) is 41.5 cm³/mol. The monoisotopic (exact) mass is 184 g/mol. The van der Waals surface area contributed by atoms with Crippen molar-refractivity contribution in [3.8, 4) is 0 Å². The average molecular weight is 184 g/mol. The van der Waals surface area contributed by atoms with Gasteiger partial charge in [0.05, 0.1) is 24.7 Å². The molecule has 0 radical (unpaired) electrons. The van der Waals surface area contributed by atoms with E-state index in [0.29, 0.717) is 13.0 Å². The molecule has 3 fully saturated rings. The standard InChI is InChI=1S/C9H12O4/c10-5-1-3-6-4(2-13-9(6)12)7(5)8(3)11/h3-8,10-11H,1-2H2/t3-,4-,5+,6-,7-,8-/m1/s1. The molecule has 72 valence electrons. The SMILES string of the molecule is O=C1OC[C@@H]2[C@H]1[C@H]1C[C@H](O)[C@@H]2[C@@H]1O. The van der Waals surface area contributed by atoms with E-state index in [1.165, 1.54) is 0 Å². The van der Waals surface area contributed by atoms with Crippen LogP contribution in [0.3, 0.4) is 0 Å². The van der Waals surface area contributed by atoms with Crippen LogP contribution in [0.25, 0.3) is 0 Å². The molecule has 4 heteroatoms. The van der Waals surface area contributed by atoms with Gasteiger partial charge in [-0.1, -0.05) is 0 Å². The van der Waals surface area contributed by atoms with E-state index in [0.717, 1.165) is 0 Å². The number of carbonyl (C=O) groups is 1. The molecule has 1 aliphatic heterocycles. The van der Waals surface area contributed by atoms with Crippen LogP contribution in [-0.2, 0) is 9.53 Å². The molecule has 3 rings (SSSR count). The Hall–Kier alpha value is -0.610. The van der Waals surface area contributed by atoms with Crippen molar-refractivity contribution in [2.45, 2.75) is 18.6 Å². The zero-order valence-corrected chi connectivity index (χ0v) is 7.09. The van der Waals surface area contributed by atoms with E-state index < -0.39 is 12.2 Å². The molecule has 13 heavy (non-hydrogen) atoms. The number of fused-ring (bicyclic) bond motifs is 5. The Kier molecular flexibility index (Phi) is 1.34. The Bertz CT molecular complexity index is 262. The summed E-state index contributed by atoms with van der Waals surface area (Å²) in [5, 5.41) is 19.4. The third kappa shape index (κ3) is 0.758. The maximum Gasteiger partial charge on any atom is 0.309 e. The molecule has 1 heterocycles. The molecule has 2 N–H and O–H groups in total. The predicted octanol–water partition coefficient (Wildman–Crippen LogP) is -0.853. The van der Waals surface area contributed by atoms with E-state index in [2.05, 4.69) is 0 Å². The highest BCUT2D eigenvalue weighted by atomic mass is 16.5. The van der Waals surface area contributed by atoms with Crippen molar-refractivity contribution in [1.82, 2.24) is 0 Å². The molecular formula is C9H12O4. The lowest BCUT2D eigenvalue weighted by molar-refractivity contribution is -0.143. The molecule has 4 nitrogen and oxygen atoms in total. The number of rotatable bonds is 0. The summed E-state index contributed by atoms with van der Waals surface area (Å²) in [6.45, 7) is 0.388. The number of cyclic esters (lactones) is 1. The van der Waals surface area contributed by atoms with Crippen molar-refractivity contribution in [2.24, 2.45) is 23.7 Å². The quantitative estimate of drug-likeness (QED) is 0.481. The molecule has 6 atom stereocenters. The molecule has 2 bridgehead atoms. The van der Waals surface area contributed by atoms with Crippen molar-refractivity contribution in [1.29, 1.82) is 0 Å². The lowest BCUT2D eigenvalue weighted by Gasteiger charge is -2.23. The van der Waals surface area contributed by atoms with Crippen LogP contribution in [0, 0.1) is 23.7 Å². The largest absolute Gasteiger partial charge is 0.465 e. The summed E-state index contributed by atoms with van der Waals surface area (Å²) in [6, 6.07) is 0. The first-order chi connectivity index (χ1) is 6.20. The van der Waals surface area contributed by atoms with Gasteiger partial charge >= 0.3 is 5.97 Å². The van der Waals surface area contributed by atoms with Gasteiger partial charge in [0, 0.05) is 17.8 Å². The van der Waals surface area contributed by atoms with E-state index in [-0.39, 0.29) is 29.6 Å². The smallest absolute Gasteiger partial charge is 0.309 e. The van der Waals surface area contributed by atoms with Crippen LogP contribution in [0.1, 0.15) is 6.42 Å². The topological polar surface area (TPSA) is 66.8 Å². The number of hydrogen-bond donors (Lipinski definition) is 2. The van der Waals surface area contributed by atoms with Gasteiger partial charge in [0.1, 0.15) is 0 Å². The minimum Gasteiger partial charge on any atom is -0.465 e. The van der Waals surface area contributed by atoms with E-state index in [9.17, 15) is 15.0 Å². The molecule has 0 aromatic heterocycles. The van der Waals surface area contributed by atoms with Crippen LogP contribution in [0.2, 0.25) is 0 Å². The molecule has 0 unspecified atom stereocenters. The number of aliphatic hydroxyl groups excluding tert-OH is 2. The van der Waals surface area contributed by atoms with Gasteiger partial charge in [-0.25, -0.2) is 0 Å². The third-order valence-electron chi connectivity index (χ3n) is 3.90. The maximum absolute atomic E-state index is 11.3. The minimum atomic E-state index is -0.488. The van der Waals surface area contributed by atoms with Crippen molar-refractivity contribution < 1.29 is 19.7 Å². The highest BCUT2D eigenvalue weighted by Gasteiger charge is 2.63. The highest BCUT2D eigenvalue weighted by Crippen LogP contribution is 2.55. The van der Waals surface area contributed by atoms with Crippen LogP contribution in [0.15, 0.2) is 0 Å². The summed E-state index contributed by atoms with van der Waals surface area (Å²) in [5.74, 6) is -0.426. The normalized spacial score (nSPS) is 58.2. The summed E-state index contributed by atoms with van der Waals surface area (Å²) in [5.41, 5.74) is 0. The van der Waals surface area contributed by atoms with Gasteiger partial charge in [-0.3, -0.25) is 4.79 Å². The Morgan fingerprint density at radius 1 is 1.31 bits per heavy atom. The van der Waals surface area contributed by atoms with Crippen LogP contribution in [0.4, 0.5) is 0 Å². The fourth-order valence-electron chi connectivity index (χ4n) is 3.38. The summed E-state index contributed by atoms with van der Waals surface area (Å²) < 4.78 is 4.94. The van der Waals surface area contributed by atoms with Gasteiger partial charge in [-0.15, -0.1) is 0 Å². The summed E-state index contributed by atoms with van der Waals surface area (Å²) >= 11 is 0. The molecule has 1 saturated heterocycles. The minimum absolute atomic E-state index is 0.0556. The third-order valence-corrected chi connectivity index (χ3v) is 3.90. The number of hydrogen-bond acceptors (Lipinski definition) is 4. The van der Waals surface area contributed by atoms with E-state index in [1.54, 1.807) is 0 Å². The van der Waals surface area contributed by atoms with Crippen LogP contribution in [0.5, 0.6) is 0 Å². The fourth-order valence-corrected chi connectivity index (χ4v) is 3.38. The van der Waals surface area contributed by atoms with E-state index in [4.69, 9.17) is 4.74 Å².